The molecule has 0 spiro atoms. The molecule has 0 atom stereocenters. The van der Waals surface area contributed by atoms with Crippen LogP contribution in [0.25, 0.3) is 0 Å². The number of rotatable bonds is 0. The first-order valence-corrected chi connectivity index (χ1v) is 13.9. The molecule has 0 nitrogen and oxygen atoms in total. The van der Waals surface area contributed by atoms with Gasteiger partial charge in [0, 0.05) is 0 Å². The minimum absolute atomic E-state index is 0.495. The van der Waals surface area contributed by atoms with E-state index in [1.54, 1.807) is 0 Å². The van der Waals surface area contributed by atoms with Crippen LogP contribution < -0.4 is 0 Å². The van der Waals surface area contributed by atoms with Crippen molar-refractivity contribution in [3.8, 4) is 0 Å². The summed E-state index contributed by atoms with van der Waals surface area (Å²) in [5.41, 5.74) is 0. The molecule has 5 heteroatoms. The molecule has 0 fully saturated rings. The molecule has 0 aromatic rings. The van der Waals surface area contributed by atoms with Crippen molar-refractivity contribution in [3.63, 3.8) is 0 Å². The summed E-state index contributed by atoms with van der Waals surface area (Å²) < 4.78 is -0.495. The van der Waals surface area contributed by atoms with Crippen molar-refractivity contribution in [2.45, 2.75) is 0 Å². The standard InChI is InChI=1S/Co.4HI/h;4*1H/q+4;;;;/p-4. The Balaban J connectivity index is 3.02. The van der Waals surface area contributed by atoms with Gasteiger partial charge in [-0.05, 0) is 0 Å². The van der Waals surface area contributed by atoms with Crippen LogP contribution in [-0.4, -0.2) is 0 Å². The predicted octanol–water partition coefficient (Wildman–Crippen LogP) is 3.54. The fourth-order valence-electron chi connectivity index (χ4n) is 0. The third-order valence-electron chi connectivity index (χ3n) is 0. The van der Waals surface area contributed by atoms with Gasteiger partial charge in [-0.1, -0.05) is 0 Å². The molecule has 0 saturated carbocycles. The second-order valence-electron chi connectivity index (χ2n) is 0.286. The molecule has 0 amide bonds. The Hall–Kier alpha value is 3.43. The van der Waals surface area contributed by atoms with Gasteiger partial charge in [0.25, 0.3) is 0 Å². The maximum absolute atomic E-state index is 2.45. The van der Waals surface area contributed by atoms with Gasteiger partial charge < -0.3 is 0 Å². The van der Waals surface area contributed by atoms with E-state index in [4.69, 9.17) is 0 Å². The average molecular weight is 567 g/mol. The van der Waals surface area contributed by atoms with Gasteiger partial charge in [-0.3, -0.25) is 0 Å². The normalized spacial score (nSPS) is 15.2. The summed E-state index contributed by atoms with van der Waals surface area (Å²) in [6.45, 7) is 0. The molecule has 5 heavy (non-hydrogen) atoms. The van der Waals surface area contributed by atoms with Gasteiger partial charge in [0.1, 0.15) is 0 Å². The van der Waals surface area contributed by atoms with Gasteiger partial charge in [-0.15, -0.1) is 0 Å². The third kappa shape index (κ3) is 18.6. The molecule has 0 aliphatic heterocycles. The number of hydrogen-bond acceptors (Lipinski definition) is 0. The van der Waals surface area contributed by atoms with Crippen LogP contribution in [0.4, 0.5) is 0 Å². The van der Waals surface area contributed by atoms with E-state index in [0.29, 0.717) is 0 Å². The van der Waals surface area contributed by atoms with Crippen molar-refractivity contribution in [1.29, 1.82) is 0 Å². The van der Waals surface area contributed by atoms with Crippen molar-refractivity contribution in [3.05, 3.63) is 0 Å². The monoisotopic (exact) mass is 567 g/mol. The molecule has 0 aromatic carbocycles. The molecule has 0 saturated heterocycles. The first-order chi connectivity index (χ1) is 2.00. The van der Waals surface area contributed by atoms with Crippen molar-refractivity contribution >= 4 is 81.7 Å². The van der Waals surface area contributed by atoms with E-state index in [9.17, 15) is 0 Å². The Morgan fingerprint density at radius 3 is 0.800 bits per heavy atom. The summed E-state index contributed by atoms with van der Waals surface area (Å²) in [5, 5.41) is 0. The number of hydrogen-bond donors (Lipinski definition) is 0. The molecule has 0 bridgehead atoms. The van der Waals surface area contributed by atoms with Crippen molar-refractivity contribution in [2.75, 3.05) is 0 Å². The molecule has 0 unspecified atom stereocenters. The van der Waals surface area contributed by atoms with E-state index >= 15 is 0 Å². The van der Waals surface area contributed by atoms with E-state index in [0.717, 1.165) is 0 Å². The molecule has 0 N–H and O–H groups in total. The molecule has 0 heterocycles. The zero-order valence-electron chi connectivity index (χ0n) is 1.85. The molecule has 0 radical (unpaired) electrons. The zero-order chi connectivity index (χ0) is 4.50. The van der Waals surface area contributed by atoms with Crippen molar-refractivity contribution < 1.29 is -0.254 Å². The first kappa shape index (κ1) is 8.43. The summed E-state index contributed by atoms with van der Waals surface area (Å²) in [5.74, 6) is 0. The molecular weight excluding hydrogens is 567 g/mol. The van der Waals surface area contributed by atoms with E-state index in [2.05, 4.69) is 81.7 Å². The SMILES string of the molecule is [I][Co]([I])([I])[I]. The minimum atomic E-state index is -0.495. The third-order valence-corrected chi connectivity index (χ3v) is 0. The molecule has 0 aliphatic carbocycles. The van der Waals surface area contributed by atoms with Crippen LogP contribution >= 0.6 is 81.7 Å². The van der Waals surface area contributed by atoms with Crippen LogP contribution in [0.3, 0.4) is 0 Å². The second-order valence-corrected chi connectivity index (χ2v) is 53.0. The van der Waals surface area contributed by atoms with Crippen LogP contribution in [-0.2, 0) is -0.254 Å². The maximum atomic E-state index is 2.45. The van der Waals surface area contributed by atoms with Crippen LogP contribution in [0.2, 0.25) is 0 Å². The van der Waals surface area contributed by atoms with E-state index in [1.165, 1.54) is 0 Å². The molecule has 37 valence electrons. The second kappa shape index (κ2) is 3.45. The quantitative estimate of drug-likeness (QED) is 0.394. The Morgan fingerprint density at radius 2 is 0.800 bits per heavy atom. The topological polar surface area (TPSA) is 0 Å². The van der Waals surface area contributed by atoms with Crippen LogP contribution in [0.15, 0.2) is 0 Å². The Morgan fingerprint density at radius 1 is 0.800 bits per heavy atom. The fourth-order valence-corrected chi connectivity index (χ4v) is 0. The summed E-state index contributed by atoms with van der Waals surface area (Å²) in [4.78, 5) is 0. The van der Waals surface area contributed by atoms with Crippen molar-refractivity contribution in [2.24, 2.45) is 0 Å². The Bertz CT molecular complexity index is 19.1. The van der Waals surface area contributed by atoms with Gasteiger partial charge >= 0.3 is 81.4 Å². The zero-order valence-corrected chi connectivity index (χ0v) is 11.5. The van der Waals surface area contributed by atoms with Crippen LogP contribution in [0, 0.1) is 0 Å². The average Bonchev–Trinajstić information content (AvgIpc) is 0.722. The van der Waals surface area contributed by atoms with E-state index < -0.39 is -0.254 Å². The summed E-state index contributed by atoms with van der Waals surface area (Å²) in [7, 11) is 0. The molecule has 0 aromatic heterocycles. The first-order valence-electron chi connectivity index (χ1n) is 0.504. The van der Waals surface area contributed by atoms with Gasteiger partial charge in [-0.25, -0.2) is 0 Å². The summed E-state index contributed by atoms with van der Waals surface area (Å²) >= 11 is 9.79. The molecule has 0 rings (SSSR count). The molecule has 0 aliphatic rings. The van der Waals surface area contributed by atoms with Crippen molar-refractivity contribution in [1.82, 2.24) is 0 Å². The van der Waals surface area contributed by atoms with Gasteiger partial charge in [-0.2, -0.15) is 0 Å². The summed E-state index contributed by atoms with van der Waals surface area (Å²) in [6, 6.07) is 0. The van der Waals surface area contributed by atoms with Crippen LogP contribution in [0.5, 0.6) is 0 Å². The van der Waals surface area contributed by atoms with Gasteiger partial charge in [0.15, 0.2) is 0 Å². The Labute approximate surface area is 79.0 Å². The number of halogens is 4. The van der Waals surface area contributed by atoms with Gasteiger partial charge in [0.05, 0.1) is 0 Å². The predicted molar refractivity (Wildman–Crippen MR) is 56.1 cm³/mol. The van der Waals surface area contributed by atoms with E-state index in [-0.39, 0.29) is 0 Å². The Kier molecular flexibility index (Phi) is 5.82. The van der Waals surface area contributed by atoms with Gasteiger partial charge in [0.2, 0.25) is 0 Å². The van der Waals surface area contributed by atoms with E-state index in [1.807, 2.05) is 0 Å². The molecular formula is CoI4. The summed E-state index contributed by atoms with van der Waals surface area (Å²) in [6.07, 6.45) is 0. The fraction of sp³-hybridized carbons (Fsp3) is 0. The van der Waals surface area contributed by atoms with Crippen LogP contribution in [0.1, 0.15) is 0 Å².